The molecule has 1 heterocycles. The highest BCUT2D eigenvalue weighted by Crippen LogP contribution is 2.36. The van der Waals surface area contributed by atoms with E-state index in [0.29, 0.717) is 24.2 Å². The van der Waals surface area contributed by atoms with Gasteiger partial charge in [-0.15, -0.1) is 0 Å². The van der Waals surface area contributed by atoms with Crippen molar-refractivity contribution in [2.45, 2.75) is 24.7 Å². The minimum absolute atomic E-state index is 0.158. The second-order valence-corrected chi connectivity index (χ2v) is 6.58. The van der Waals surface area contributed by atoms with Gasteiger partial charge >= 0.3 is 5.97 Å². The summed E-state index contributed by atoms with van der Waals surface area (Å²) in [7, 11) is 1.35. The fraction of sp³-hybridized carbons (Fsp3) is 0.364. The van der Waals surface area contributed by atoms with Crippen molar-refractivity contribution in [3.8, 4) is 5.75 Å². The third kappa shape index (κ3) is 2.18. The first kappa shape index (κ1) is 13.2. The van der Waals surface area contributed by atoms with Crippen molar-refractivity contribution >= 4 is 25.7 Å². The highest BCUT2D eigenvalue weighted by molar-refractivity contribution is 8.13. The van der Waals surface area contributed by atoms with Crippen LogP contribution in [0.3, 0.4) is 0 Å². The van der Waals surface area contributed by atoms with Crippen molar-refractivity contribution in [3.05, 3.63) is 22.8 Å². The molecule has 0 unspecified atom stereocenters. The molecule has 0 fully saturated rings. The van der Waals surface area contributed by atoms with Crippen LogP contribution in [0.15, 0.2) is 11.0 Å². The van der Waals surface area contributed by atoms with Gasteiger partial charge in [0.05, 0.1) is 11.5 Å². The molecule has 1 N–H and O–H groups in total. The third-order valence-electron chi connectivity index (χ3n) is 2.93. The van der Waals surface area contributed by atoms with Crippen LogP contribution in [0.4, 0.5) is 0 Å². The Balaban J connectivity index is 2.81. The van der Waals surface area contributed by atoms with Crippen molar-refractivity contribution in [1.82, 2.24) is 0 Å². The Morgan fingerprint density at radius 2 is 2.17 bits per heavy atom. The minimum Gasteiger partial charge on any atom is -0.492 e. The van der Waals surface area contributed by atoms with E-state index in [2.05, 4.69) is 0 Å². The van der Waals surface area contributed by atoms with Crippen molar-refractivity contribution < 1.29 is 23.1 Å². The van der Waals surface area contributed by atoms with Crippen LogP contribution in [0.1, 0.15) is 27.9 Å². The highest BCUT2D eigenvalue weighted by Gasteiger charge is 2.27. The lowest BCUT2D eigenvalue weighted by Gasteiger charge is -2.22. The van der Waals surface area contributed by atoms with Crippen molar-refractivity contribution in [1.29, 1.82) is 0 Å². The Morgan fingerprint density at radius 3 is 2.72 bits per heavy atom. The van der Waals surface area contributed by atoms with Crippen LogP contribution >= 0.6 is 10.7 Å². The molecule has 0 bridgehead atoms. The smallest absolute Gasteiger partial charge is 0.339 e. The molecule has 0 amide bonds. The Morgan fingerprint density at radius 1 is 1.50 bits per heavy atom. The van der Waals surface area contributed by atoms with Gasteiger partial charge in [-0.25, -0.2) is 13.2 Å². The number of hydrogen-bond donors (Lipinski definition) is 1. The number of hydrogen-bond acceptors (Lipinski definition) is 4. The molecule has 1 aromatic rings. The average molecular weight is 291 g/mol. The van der Waals surface area contributed by atoms with E-state index in [4.69, 9.17) is 20.5 Å². The Kier molecular flexibility index (Phi) is 3.25. The first-order valence-corrected chi connectivity index (χ1v) is 7.60. The third-order valence-corrected chi connectivity index (χ3v) is 4.38. The van der Waals surface area contributed by atoms with E-state index in [-0.39, 0.29) is 16.2 Å². The first-order chi connectivity index (χ1) is 8.32. The van der Waals surface area contributed by atoms with Gasteiger partial charge in [0.1, 0.15) is 11.3 Å². The monoisotopic (exact) mass is 290 g/mol. The molecule has 0 aromatic heterocycles. The van der Waals surface area contributed by atoms with Crippen LogP contribution in [0.5, 0.6) is 5.75 Å². The molecule has 1 aliphatic heterocycles. The van der Waals surface area contributed by atoms with Crippen LogP contribution < -0.4 is 4.74 Å². The quantitative estimate of drug-likeness (QED) is 0.842. The number of halogens is 1. The molecule has 2 rings (SSSR count). The standard InChI is InChI=1S/C11H11ClO5S/c1-6-7-3-2-4-17-10(7)8(11(13)14)5-9(6)18(12,15)16/h5H,2-4H2,1H3,(H,13,14). The predicted octanol–water partition coefficient (Wildman–Crippen LogP) is 1.95. The maximum atomic E-state index is 11.4. The number of carbonyl (C=O) groups is 1. The van der Waals surface area contributed by atoms with E-state index >= 15 is 0 Å². The molecule has 0 saturated heterocycles. The zero-order valence-electron chi connectivity index (χ0n) is 9.57. The van der Waals surface area contributed by atoms with Gasteiger partial charge in [0.15, 0.2) is 0 Å². The van der Waals surface area contributed by atoms with Crippen molar-refractivity contribution in [2.24, 2.45) is 0 Å². The van der Waals surface area contributed by atoms with Gasteiger partial charge in [0, 0.05) is 10.7 Å². The number of ether oxygens (including phenoxy) is 1. The Labute approximate surface area is 109 Å². The van der Waals surface area contributed by atoms with Crippen molar-refractivity contribution in [3.63, 3.8) is 0 Å². The van der Waals surface area contributed by atoms with E-state index in [9.17, 15) is 13.2 Å². The van der Waals surface area contributed by atoms with Gasteiger partial charge in [-0.1, -0.05) is 0 Å². The maximum absolute atomic E-state index is 11.4. The molecule has 0 saturated carbocycles. The van der Waals surface area contributed by atoms with E-state index in [0.717, 1.165) is 12.5 Å². The van der Waals surface area contributed by atoms with Crippen LogP contribution in [0.25, 0.3) is 0 Å². The Bertz CT molecular complexity index is 621. The molecule has 7 heteroatoms. The summed E-state index contributed by atoms with van der Waals surface area (Å²) in [4.78, 5) is 11.0. The zero-order chi connectivity index (χ0) is 13.5. The molecule has 1 aromatic carbocycles. The second-order valence-electron chi connectivity index (χ2n) is 4.05. The van der Waals surface area contributed by atoms with Crippen LogP contribution in [0.2, 0.25) is 0 Å². The number of aromatic carboxylic acids is 1. The van der Waals surface area contributed by atoms with Gasteiger partial charge < -0.3 is 9.84 Å². The van der Waals surface area contributed by atoms with Crippen molar-refractivity contribution in [2.75, 3.05) is 6.61 Å². The SMILES string of the molecule is Cc1c(S(=O)(=O)Cl)cc(C(=O)O)c2c1CCCO2. The Hall–Kier alpha value is -1.27. The maximum Gasteiger partial charge on any atom is 0.339 e. The lowest BCUT2D eigenvalue weighted by atomic mass is 9.97. The van der Waals surface area contributed by atoms with Gasteiger partial charge in [-0.05, 0) is 37.0 Å². The zero-order valence-corrected chi connectivity index (χ0v) is 11.1. The van der Waals surface area contributed by atoms with Gasteiger partial charge in [0.2, 0.25) is 0 Å². The van der Waals surface area contributed by atoms with Crippen LogP contribution in [0, 0.1) is 6.92 Å². The predicted molar refractivity (Wildman–Crippen MR) is 65.0 cm³/mol. The fourth-order valence-electron chi connectivity index (χ4n) is 2.09. The highest BCUT2D eigenvalue weighted by atomic mass is 35.7. The second kappa shape index (κ2) is 4.44. The van der Waals surface area contributed by atoms with Crippen LogP contribution in [-0.2, 0) is 15.5 Å². The van der Waals surface area contributed by atoms with E-state index in [1.807, 2.05) is 0 Å². The molecule has 5 nitrogen and oxygen atoms in total. The molecule has 1 aliphatic rings. The summed E-state index contributed by atoms with van der Waals surface area (Å²) in [6.45, 7) is 2.04. The van der Waals surface area contributed by atoms with Gasteiger partial charge in [-0.2, -0.15) is 0 Å². The molecular weight excluding hydrogens is 280 g/mol. The van der Waals surface area contributed by atoms with E-state index in [1.54, 1.807) is 6.92 Å². The van der Waals surface area contributed by atoms with Gasteiger partial charge in [0.25, 0.3) is 9.05 Å². The normalized spacial score (nSPS) is 14.8. The minimum atomic E-state index is -3.97. The summed E-state index contributed by atoms with van der Waals surface area (Å²) in [5, 5.41) is 9.10. The summed E-state index contributed by atoms with van der Waals surface area (Å²) in [6, 6.07) is 1.06. The van der Waals surface area contributed by atoms with E-state index in [1.165, 1.54) is 0 Å². The first-order valence-electron chi connectivity index (χ1n) is 5.29. The lowest BCUT2D eigenvalue weighted by molar-refractivity contribution is 0.0691. The number of rotatable bonds is 2. The van der Waals surface area contributed by atoms with Gasteiger partial charge in [-0.3, -0.25) is 0 Å². The average Bonchev–Trinajstić information content (AvgIpc) is 2.27. The number of carboxylic acids is 1. The molecule has 0 aliphatic carbocycles. The molecule has 0 radical (unpaired) electrons. The lowest BCUT2D eigenvalue weighted by Crippen LogP contribution is -2.16. The molecule has 0 spiro atoms. The summed E-state index contributed by atoms with van der Waals surface area (Å²) >= 11 is 0. The summed E-state index contributed by atoms with van der Waals surface area (Å²) in [6.07, 6.45) is 1.31. The fourth-order valence-corrected chi connectivity index (χ4v) is 3.32. The molecule has 0 atom stereocenters. The number of fused-ring (bicyclic) bond motifs is 1. The number of benzene rings is 1. The molecule has 98 valence electrons. The number of carboxylic acid groups (broad SMARTS) is 1. The topological polar surface area (TPSA) is 80.7 Å². The molecule has 18 heavy (non-hydrogen) atoms. The summed E-state index contributed by atoms with van der Waals surface area (Å²) in [5.41, 5.74) is 0.916. The largest absolute Gasteiger partial charge is 0.492 e. The summed E-state index contributed by atoms with van der Waals surface area (Å²) in [5.74, 6) is -0.968. The summed E-state index contributed by atoms with van der Waals surface area (Å²) < 4.78 is 28.2. The van der Waals surface area contributed by atoms with E-state index < -0.39 is 15.0 Å². The molecular formula is C11H11ClO5S. The van der Waals surface area contributed by atoms with Crippen LogP contribution in [-0.4, -0.2) is 26.1 Å².